The van der Waals surface area contributed by atoms with Crippen LogP contribution >= 0.6 is 7.82 Å². The number of hydrogen-bond acceptors (Lipinski definition) is 11. The van der Waals surface area contributed by atoms with Crippen LogP contribution in [0.15, 0.2) is 12.2 Å². The van der Waals surface area contributed by atoms with Crippen molar-refractivity contribution in [2.24, 2.45) is 0 Å². The molecule has 0 saturated heterocycles. The Morgan fingerprint density at radius 1 is 0.654 bits per heavy atom. The summed E-state index contributed by atoms with van der Waals surface area (Å²) in [6.07, 6.45) is 12.9. The molecule has 1 fully saturated rings. The third-order valence-corrected chi connectivity index (χ3v) is 10.9. The number of carbonyl (C=O) groups excluding carboxylic acids is 1. The molecule has 1 aliphatic carbocycles. The molecular formula is C38H74NO12P. The molecular weight excluding hydrogens is 693 g/mol. The fourth-order valence-corrected chi connectivity index (χ4v) is 7.43. The van der Waals surface area contributed by atoms with Crippen LogP contribution in [0, 0.1) is 0 Å². The number of unbranched alkanes of at least 4 members (excludes halogenated alkanes) is 17. The van der Waals surface area contributed by atoms with E-state index in [1.165, 1.54) is 64.2 Å². The second kappa shape index (κ2) is 29.3. The van der Waals surface area contributed by atoms with Crippen LogP contribution in [0.2, 0.25) is 0 Å². The molecule has 1 amide bonds. The summed E-state index contributed by atoms with van der Waals surface area (Å²) in [7, 11) is -5.11. The molecule has 1 aliphatic rings. The molecule has 52 heavy (non-hydrogen) atoms. The van der Waals surface area contributed by atoms with Crippen molar-refractivity contribution in [3.8, 4) is 0 Å². The molecule has 0 spiro atoms. The van der Waals surface area contributed by atoms with E-state index in [9.17, 15) is 50.0 Å². The van der Waals surface area contributed by atoms with Gasteiger partial charge in [-0.25, -0.2) is 4.57 Å². The van der Waals surface area contributed by atoms with Crippen molar-refractivity contribution in [2.75, 3.05) is 6.61 Å². The summed E-state index contributed by atoms with van der Waals surface area (Å²) >= 11 is 0. The monoisotopic (exact) mass is 767 g/mol. The number of phosphoric ester groups is 1. The Morgan fingerprint density at radius 2 is 1.10 bits per heavy atom. The van der Waals surface area contributed by atoms with Crippen molar-refractivity contribution in [2.45, 2.75) is 216 Å². The van der Waals surface area contributed by atoms with Gasteiger partial charge in [-0.1, -0.05) is 135 Å². The van der Waals surface area contributed by atoms with Gasteiger partial charge in [0.15, 0.2) is 0 Å². The molecule has 0 aromatic heterocycles. The highest BCUT2D eigenvalue weighted by Crippen LogP contribution is 2.47. The highest BCUT2D eigenvalue weighted by Gasteiger charge is 2.51. The van der Waals surface area contributed by atoms with Gasteiger partial charge in [-0.15, -0.1) is 0 Å². The quantitative estimate of drug-likeness (QED) is 0.0248. The van der Waals surface area contributed by atoms with Gasteiger partial charge >= 0.3 is 7.82 Å². The van der Waals surface area contributed by atoms with Crippen LogP contribution in [0.3, 0.4) is 0 Å². The molecule has 8 atom stereocenters. The fourth-order valence-electron chi connectivity index (χ4n) is 6.46. The predicted molar refractivity (Wildman–Crippen MR) is 201 cm³/mol. The zero-order chi connectivity index (χ0) is 38.8. The molecule has 308 valence electrons. The average Bonchev–Trinajstić information content (AvgIpc) is 3.11. The number of aliphatic hydroxyl groups is 7. The van der Waals surface area contributed by atoms with E-state index in [4.69, 9.17) is 9.05 Å². The summed E-state index contributed by atoms with van der Waals surface area (Å²) in [5.41, 5.74) is 0. The van der Waals surface area contributed by atoms with Crippen LogP contribution in [-0.4, -0.2) is 108 Å². The van der Waals surface area contributed by atoms with Crippen LogP contribution in [0.4, 0.5) is 0 Å². The number of amides is 1. The zero-order valence-corrected chi connectivity index (χ0v) is 32.9. The molecule has 14 heteroatoms. The smallest absolute Gasteiger partial charge is 0.393 e. The van der Waals surface area contributed by atoms with Crippen molar-refractivity contribution in [1.82, 2.24) is 5.32 Å². The maximum atomic E-state index is 12.9. The Bertz CT molecular complexity index is 958. The van der Waals surface area contributed by atoms with E-state index < -0.39 is 75.2 Å². The van der Waals surface area contributed by atoms with Gasteiger partial charge in [0, 0.05) is 0 Å². The minimum atomic E-state index is -5.11. The standard InChI is InChI=1S/C38H74NO12P/c1-3-5-7-9-11-13-14-15-16-18-20-22-24-26-31(41)30(39-32(42)27-29(40)25-23-21-19-17-12-10-8-6-4-2)28-50-52(48,49)51-38-36(46)34(44)33(43)35(45)37(38)47/h10,12,29-31,33-38,40-41,43-47H,3-9,11,13-28H2,1-2H3,(H,39,42)(H,48,49)/b12-10-. The zero-order valence-electron chi connectivity index (χ0n) is 32.0. The van der Waals surface area contributed by atoms with Crippen LogP contribution in [0.5, 0.6) is 0 Å². The van der Waals surface area contributed by atoms with Crippen molar-refractivity contribution >= 4 is 13.7 Å². The molecule has 0 aromatic rings. The van der Waals surface area contributed by atoms with Gasteiger partial charge in [0.2, 0.25) is 5.91 Å². The van der Waals surface area contributed by atoms with E-state index in [1.54, 1.807) is 0 Å². The molecule has 13 nitrogen and oxygen atoms in total. The summed E-state index contributed by atoms with van der Waals surface area (Å²) in [5, 5.41) is 74.2. The second-order valence-corrected chi connectivity index (χ2v) is 16.1. The van der Waals surface area contributed by atoms with E-state index in [0.717, 1.165) is 57.8 Å². The number of hydrogen-bond donors (Lipinski definition) is 9. The van der Waals surface area contributed by atoms with Crippen LogP contribution in [-0.2, 0) is 18.4 Å². The first kappa shape index (κ1) is 49.1. The Morgan fingerprint density at radius 3 is 1.63 bits per heavy atom. The van der Waals surface area contributed by atoms with E-state index in [1.807, 2.05) is 0 Å². The van der Waals surface area contributed by atoms with Crippen molar-refractivity contribution in [1.29, 1.82) is 0 Å². The van der Waals surface area contributed by atoms with E-state index in [-0.39, 0.29) is 12.8 Å². The first-order chi connectivity index (χ1) is 24.8. The van der Waals surface area contributed by atoms with E-state index >= 15 is 0 Å². The van der Waals surface area contributed by atoms with Crippen LogP contribution in [0.1, 0.15) is 162 Å². The molecule has 1 rings (SSSR count). The van der Waals surface area contributed by atoms with Crippen molar-refractivity contribution < 1.29 is 59.0 Å². The van der Waals surface area contributed by atoms with Gasteiger partial charge < -0.3 is 46.0 Å². The van der Waals surface area contributed by atoms with Crippen LogP contribution in [0.25, 0.3) is 0 Å². The minimum Gasteiger partial charge on any atom is -0.393 e. The topological polar surface area (TPSA) is 226 Å². The van der Waals surface area contributed by atoms with Crippen molar-refractivity contribution in [3.63, 3.8) is 0 Å². The normalized spacial score (nSPS) is 25.2. The van der Waals surface area contributed by atoms with E-state index in [0.29, 0.717) is 12.8 Å². The lowest BCUT2D eigenvalue weighted by molar-refractivity contribution is -0.220. The number of rotatable bonds is 32. The molecule has 0 heterocycles. The SMILES string of the molecule is CCCC/C=C\CCCCCC(O)CC(=O)NC(COP(=O)(O)OC1C(O)C(O)C(O)C(O)C1O)C(O)CCCCCCCCCCCCCCC. The third kappa shape index (κ3) is 21.8. The summed E-state index contributed by atoms with van der Waals surface area (Å²) in [6.45, 7) is 3.69. The Kier molecular flexibility index (Phi) is 27.7. The average molecular weight is 768 g/mol. The summed E-state index contributed by atoms with van der Waals surface area (Å²) in [5.74, 6) is -0.573. The van der Waals surface area contributed by atoms with E-state index in [2.05, 4.69) is 31.3 Å². The summed E-state index contributed by atoms with van der Waals surface area (Å²) in [4.78, 5) is 23.3. The lowest BCUT2D eigenvalue weighted by atomic mass is 9.85. The van der Waals surface area contributed by atoms with Crippen LogP contribution < -0.4 is 5.32 Å². The first-order valence-corrected chi connectivity index (χ1v) is 21.7. The Labute approximate surface area is 312 Å². The first-order valence-electron chi connectivity index (χ1n) is 20.2. The maximum absolute atomic E-state index is 12.9. The molecule has 0 bridgehead atoms. The largest absolute Gasteiger partial charge is 0.472 e. The van der Waals surface area contributed by atoms with Gasteiger partial charge in [0.25, 0.3) is 0 Å². The fraction of sp³-hybridized carbons (Fsp3) is 0.921. The molecule has 0 aliphatic heterocycles. The number of nitrogens with one attached hydrogen (secondary N) is 1. The Hall–Kier alpha value is -0.960. The molecule has 1 saturated carbocycles. The molecule has 8 unspecified atom stereocenters. The van der Waals surface area contributed by atoms with Crippen molar-refractivity contribution in [3.05, 3.63) is 12.2 Å². The van der Waals surface area contributed by atoms with Gasteiger partial charge in [0.1, 0.15) is 36.6 Å². The third-order valence-electron chi connectivity index (χ3n) is 9.88. The minimum absolute atomic E-state index is 0.231. The van der Waals surface area contributed by atoms with Gasteiger partial charge in [0.05, 0.1) is 31.3 Å². The number of phosphoric acid groups is 1. The number of aliphatic hydroxyl groups excluding tert-OH is 7. The number of carbonyl (C=O) groups is 1. The maximum Gasteiger partial charge on any atom is 0.472 e. The molecule has 9 N–H and O–H groups in total. The van der Waals surface area contributed by atoms with Gasteiger partial charge in [-0.05, 0) is 32.1 Å². The van der Waals surface area contributed by atoms with Gasteiger partial charge in [-0.3, -0.25) is 13.8 Å². The highest BCUT2D eigenvalue weighted by atomic mass is 31.2. The predicted octanol–water partition coefficient (Wildman–Crippen LogP) is 5.08. The lowest BCUT2D eigenvalue weighted by Gasteiger charge is -2.41. The molecule has 0 radical (unpaired) electrons. The molecule has 0 aromatic carbocycles. The number of allylic oxidation sites excluding steroid dienone is 2. The lowest BCUT2D eigenvalue weighted by Crippen LogP contribution is -2.64. The second-order valence-electron chi connectivity index (χ2n) is 14.7. The summed E-state index contributed by atoms with van der Waals surface area (Å²) < 4.78 is 22.8. The summed E-state index contributed by atoms with van der Waals surface area (Å²) in [6, 6.07) is -1.15. The highest BCUT2D eigenvalue weighted by molar-refractivity contribution is 7.47. The van der Waals surface area contributed by atoms with Gasteiger partial charge in [-0.2, -0.15) is 0 Å². The Balaban J connectivity index is 2.62.